The van der Waals surface area contributed by atoms with Gasteiger partial charge in [-0.15, -0.1) is 0 Å². The summed E-state index contributed by atoms with van der Waals surface area (Å²) in [5, 5.41) is 2.85. The molecule has 2 aliphatic heterocycles. The van der Waals surface area contributed by atoms with E-state index in [2.05, 4.69) is 40.3 Å². The third kappa shape index (κ3) is 2.30. The predicted octanol–water partition coefficient (Wildman–Crippen LogP) is 3.51. The zero-order chi connectivity index (χ0) is 16.7. The third-order valence-corrected chi connectivity index (χ3v) is 5.63. The summed E-state index contributed by atoms with van der Waals surface area (Å²) in [7, 11) is 0. The van der Waals surface area contributed by atoms with E-state index < -0.39 is 0 Å². The van der Waals surface area contributed by atoms with Crippen molar-refractivity contribution in [3.05, 3.63) is 57.2 Å². The van der Waals surface area contributed by atoms with E-state index >= 15 is 0 Å². The highest BCUT2D eigenvalue weighted by Gasteiger charge is 2.43. The van der Waals surface area contributed by atoms with Crippen molar-refractivity contribution in [2.45, 2.75) is 25.2 Å². The standard InChI is InChI=1S/C19H18BrNO3/c1-19(18-14(20)4-2-3-5-15(18)21-11-22)10-24-17-9-16-12(6-7-23-16)8-13(17)19/h2-3,5,8-9,11H,4,6-7,10H2,1H3,(H,21,22). The first kappa shape index (κ1) is 15.5. The average molecular weight is 388 g/mol. The van der Waals surface area contributed by atoms with Gasteiger partial charge in [-0.1, -0.05) is 28.1 Å². The highest BCUT2D eigenvalue weighted by atomic mass is 79.9. The molecule has 5 heteroatoms. The molecule has 0 bridgehead atoms. The molecule has 124 valence electrons. The van der Waals surface area contributed by atoms with Crippen LogP contribution in [0, 0.1) is 0 Å². The maximum absolute atomic E-state index is 11.1. The number of fused-ring (bicyclic) bond motifs is 2. The number of carbonyl (C=O) groups excluding carboxylic acids is 1. The van der Waals surface area contributed by atoms with Gasteiger partial charge in [0, 0.05) is 28.2 Å². The van der Waals surface area contributed by atoms with Gasteiger partial charge in [-0.25, -0.2) is 0 Å². The molecule has 1 aromatic rings. The Morgan fingerprint density at radius 2 is 2.17 bits per heavy atom. The zero-order valence-corrected chi connectivity index (χ0v) is 15.0. The fourth-order valence-electron chi connectivity index (χ4n) is 3.71. The van der Waals surface area contributed by atoms with Crippen LogP contribution >= 0.6 is 15.9 Å². The Kier molecular flexibility index (Phi) is 3.76. The molecule has 2 heterocycles. The lowest BCUT2D eigenvalue weighted by atomic mass is 9.75. The summed E-state index contributed by atoms with van der Waals surface area (Å²) in [5.41, 5.74) is 3.92. The third-order valence-electron chi connectivity index (χ3n) is 4.91. The summed E-state index contributed by atoms with van der Waals surface area (Å²) in [6.07, 6.45) is 8.42. The molecular formula is C19H18BrNO3. The number of ether oxygens (including phenoxy) is 2. The van der Waals surface area contributed by atoms with Gasteiger partial charge in [-0.2, -0.15) is 0 Å². The number of carbonyl (C=O) groups is 1. The summed E-state index contributed by atoms with van der Waals surface area (Å²) in [6, 6.07) is 4.21. The molecule has 1 N–H and O–H groups in total. The van der Waals surface area contributed by atoms with Crippen LogP contribution in [0.2, 0.25) is 0 Å². The molecule has 0 radical (unpaired) electrons. The van der Waals surface area contributed by atoms with Gasteiger partial charge < -0.3 is 14.8 Å². The van der Waals surface area contributed by atoms with Crippen LogP contribution in [-0.2, 0) is 16.6 Å². The van der Waals surface area contributed by atoms with Crippen molar-refractivity contribution in [3.8, 4) is 11.5 Å². The normalized spacial score (nSPS) is 24.5. The minimum atomic E-state index is -0.334. The van der Waals surface area contributed by atoms with Gasteiger partial charge >= 0.3 is 0 Å². The Balaban J connectivity index is 1.86. The summed E-state index contributed by atoms with van der Waals surface area (Å²) >= 11 is 3.73. The number of benzene rings is 1. The lowest BCUT2D eigenvalue weighted by molar-refractivity contribution is -0.108. The quantitative estimate of drug-likeness (QED) is 0.807. The largest absolute Gasteiger partial charge is 0.493 e. The fraction of sp³-hybridized carbons (Fsp3) is 0.316. The molecule has 1 atom stereocenters. The van der Waals surface area contributed by atoms with Gasteiger partial charge in [0.1, 0.15) is 18.1 Å². The van der Waals surface area contributed by atoms with E-state index in [0.717, 1.165) is 58.7 Å². The Morgan fingerprint density at radius 3 is 3.00 bits per heavy atom. The highest BCUT2D eigenvalue weighted by Crippen LogP contribution is 2.50. The molecule has 0 aromatic heterocycles. The summed E-state index contributed by atoms with van der Waals surface area (Å²) in [5.74, 6) is 1.80. The monoisotopic (exact) mass is 387 g/mol. The summed E-state index contributed by atoms with van der Waals surface area (Å²) in [6.45, 7) is 3.43. The van der Waals surface area contributed by atoms with Gasteiger partial charge in [0.05, 0.1) is 12.0 Å². The number of amides is 1. The first-order valence-corrected chi connectivity index (χ1v) is 8.82. The van der Waals surface area contributed by atoms with Crippen LogP contribution in [-0.4, -0.2) is 19.6 Å². The number of allylic oxidation sites excluding steroid dienone is 5. The van der Waals surface area contributed by atoms with Gasteiger partial charge in [0.2, 0.25) is 6.41 Å². The molecule has 24 heavy (non-hydrogen) atoms. The molecule has 1 aromatic carbocycles. The molecule has 1 amide bonds. The van der Waals surface area contributed by atoms with Crippen LogP contribution in [0.5, 0.6) is 11.5 Å². The molecular weight excluding hydrogens is 370 g/mol. The minimum absolute atomic E-state index is 0.334. The van der Waals surface area contributed by atoms with Gasteiger partial charge in [-0.3, -0.25) is 4.79 Å². The van der Waals surface area contributed by atoms with Crippen molar-refractivity contribution >= 4 is 22.3 Å². The average Bonchev–Trinajstić information content (AvgIpc) is 3.09. The lowest BCUT2D eigenvalue weighted by Crippen LogP contribution is -2.32. The predicted molar refractivity (Wildman–Crippen MR) is 95.5 cm³/mol. The maximum Gasteiger partial charge on any atom is 0.211 e. The zero-order valence-electron chi connectivity index (χ0n) is 13.4. The Morgan fingerprint density at radius 1 is 1.29 bits per heavy atom. The van der Waals surface area contributed by atoms with Crippen LogP contribution in [0.15, 0.2) is 46.1 Å². The van der Waals surface area contributed by atoms with Crippen molar-refractivity contribution < 1.29 is 14.3 Å². The van der Waals surface area contributed by atoms with Crippen LogP contribution in [0.25, 0.3) is 0 Å². The second-order valence-corrected chi connectivity index (χ2v) is 7.39. The van der Waals surface area contributed by atoms with E-state index in [0.29, 0.717) is 6.61 Å². The van der Waals surface area contributed by atoms with Crippen molar-refractivity contribution in [1.82, 2.24) is 5.32 Å². The number of nitrogens with one attached hydrogen (secondary N) is 1. The molecule has 0 saturated heterocycles. The molecule has 3 aliphatic rings. The van der Waals surface area contributed by atoms with Crippen LogP contribution in [0.4, 0.5) is 0 Å². The van der Waals surface area contributed by atoms with Crippen molar-refractivity contribution in [3.63, 3.8) is 0 Å². The molecule has 1 unspecified atom stereocenters. The summed E-state index contributed by atoms with van der Waals surface area (Å²) in [4.78, 5) is 11.1. The second-order valence-electron chi connectivity index (χ2n) is 6.43. The topological polar surface area (TPSA) is 47.6 Å². The van der Waals surface area contributed by atoms with E-state index in [1.165, 1.54) is 5.56 Å². The van der Waals surface area contributed by atoms with Crippen LogP contribution < -0.4 is 14.8 Å². The molecule has 4 nitrogen and oxygen atoms in total. The maximum atomic E-state index is 11.1. The second kappa shape index (κ2) is 5.81. The number of rotatable bonds is 3. The summed E-state index contributed by atoms with van der Waals surface area (Å²) < 4.78 is 12.7. The molecule has 1 aliphatic carbocycles. The molecule has 0 saturated carbocycles. The van der Waals surface area contributed by atoms with E-state index in [1.807, 2.05) is 18.2 Å². The SMILES string of the molecule is CC1(C2=C(Br)CC=CC=C2NC=O)COc2cc3c(cc21)CCO3. The fourth-order valence-corrected chi connectivity index (χ4v) is 4.55. The van der Waals surface area contributed by atoms with Crippen LogP contribution in [0.1, 0.15) is 24.5 Å². The van der Waals surface area contributed by atoms with E-state index in [9.17, 15) is 4.79 Å². The van der Waals surface area contributed by atoms with Gasteiger partial charge in [0.25, 0.3) is 0 Å². The molecule has 4 rings (SSSR count). The van der Waals surface area contributed by atoms with E-state index in [4.69, 9.17) is 9.47 Å². The van der Waals surface area contributed by atoms with Crippen LogP contribution in [0.3, 0.4) is 0 Å². The number of hydrogen-bond donors (Lipinski definition) is 1. The van der Waals surface area contributed by atoms with Crippen molar-refractivity contribution in [2.24, 2.45) is 0 Å². The first-order chi connectivity index (χ1) is 11.6. The van der Waals surface area contributed by atoms with E-state index in [-0.39, 0.29) is 5.41 Å². The van der Waals surface area contributed by atoms with Crippen molar-refractivity contribution in [1.29, 1.82) is 0 Å². The number of halogens is 1. The smallest absolute Gasteiger partial charge is 0.211 e. The van der Waals surface area contributed by atoms with Gasteiger partial charge in [-0.05, 0) is 36.6 Å². The Bertz CT molecular complexity index is 809. The Hall–Kier alpha value is -2.01. The molecule has 0 spiro atoms. The first-order valence-electron chi connectivity index (χ1n) is 8.03. The minimum Gasteiger partial charge on any atom is -0.493 e. The lowest BCUT2D eigenvalue weighted by Gasteiger charge is -2.29. The van der Waals surface area contributed by atoms with E-state index in [1.54, 1.807) is 0 Å². The highest BCUT2D eigenvalue weighted by molar-refractivity contribution is 9.11. The van der Waals surface area contributed by atoms with Gasteiger partial charge in [0.15, 0.2) is 0 Å². The number of hydrogen-bond acceptors (Lipinski definition) is 3. The van der Waals surface area contributed by atoms with Crippen molar-refractivity contribution in [2.75, 3.05) is 13.2 Å². The Labute approximate surface area is 149 Å². The molecule has 0 fully saturated rings.